The van der Waals surface area contributed by atoms with E-state index in [9.17, 15) is 30.6 Å². The zero-order chi connectivity index (χ0) is 31.3. The normalized spacial score (nSPS) is 32.5. The van der Waals surface area contributed by atoms with E-state index < -0.39 is 86.6 Å². The fraction of sp³-hybridized carbons (Fsp3) is 0.727. The number of hydrogen-bond acceptors (Lipinski definition) is 21. The molecule has 2 aromatic heterocycles. The Labute approximate surface area is 242 Å². The largest absolute Gasteiger partial charge is 0.467 e. The average Bonchev–Trinajstić information content (AvgIpc) is 3.03. The summed E-state index contributed by atoms with van der Waals surface area (Å²) in [4.78, 5) is 23.6. The van der Waals surface area contributed by atoms with Crippen molar-refractivity contribution in [3.05, 3.63) is 0 Å². The maximum absolute atomic E-state index is 11.5. The number of aliphatic hydroxyl groups is 6. The summed E-state index contributed by atoms with van der Waals surface area (Å²) >= 11 is 0. The molecule has 0 saturated carbocycles. The van der Waals surface area contributed by atoms with Gasteiger partial charge in [-0.25, -0.2) is 0 Å². The number of nitrogens with zero attached hydrogens (tertiary/aromatic N) is 6. The standard InChI is InChI=1S/C22H32N6O15/c1-35-17-23-18(36-2)26-21(25-17)42-14-12(34)13(41-15-11(33)10(32)9(31)7(5-29)39-15)8(6-30)40-16(14)43-22-27-19(37-3)24-20(28-22)38-4/h7-16,29-34H,5-6H2,1-4H3/t7-,8-,9+,10+,11-,12+,13-,14-,15-,16-/m1/s1. The van der Waals surface area contributed by atoms with Crippen LogP contribution in [0, 0.1) is 0 Å². The summed E-state index contributed by atoms with van der Waals surface area (Å²) < 4.78 is 48.6. The van der Waals surface area contributed by atoms with Crippen LogP contribution in [0.1, 0.15) is 0 Å². The molecule has 10 atom stereocenters. The number of aromatic nitrogens is 6. The van der Waals surface area contributed by atoms with Crippen molar-refractivity contribution >= 4 is 0 Å². The van der Waals surface area contributed by atoms with E-state index in [1.54, 1.807) is 0 Å². The Hall–Kier alpha value is -3.54. The lowest BCUT2D eigenvalue weighted by Crippen LogP contribution is -2.66. The molecular formula is C22H32N6O15. The second-order valence-electron chi connectivity index (χ2n) is 8.90. The predicted octanol–water partition coefficient (Wildman–Crippen LogP) is -4.82. The van der Waals surface area contributed by atoms with Gasteiger partial charge in [0.25, 0.3) is 0 Å². The lowest BCUT2D eigenvalue weighted by atomic mass is 9.97. The molecule has 4 rings (SSSR count). The highest BCUT2D eigenvalue weighted by Gasteiger charge is 2.53. The van der Waals surface area contributed by atoms with Crippen molar-refractivity contribution in [3.63, 3.8) is 0 Å². The van der Waals surface area contributed by atoms with Gasteiger partial charge in [-0.3, -0.25) is 0 Å². The molecule has 0 amide bonds. The number of ether oxygens (including phenoxy) is 9. The molecular weight excluding hydrogens is 588 g/mol. The second-order valence-corrected chi connectivity index (χ2v) is 8.90. The van der Waals surface area contributed by atoms with Gasteiger partial charge in [-0.1, -0.05) is 0 Å². The van der Waals surface area contributed by atoms with Gasteiger partial charge in [0.15, 0.2) is 12.4 Å². The number of methoxy groups -OCH3 is 4. The van der Waals surface area contributed by atoms with Gasteiger partial charge in [0.1, 0.15) is 42.7 Å². The van der Waals surface area contributed by atoms with Gasteiger partial charge in [-0.15, -0.1) is 29.9 Å². The van der Waals surface area contributed by atoms with E-state index in [1.807, 2.05) is 0 Å². The van der Waals surface area contributed by atoms with Gasteiger partial charge in [-0.05, 0) is 0 Å². The van der Waals surface area contributed by atoms with Crippen LogP contribution in [-0.4, -0.2) is 164 Å². The first-order valence-electron chi connectivity index (χ1n) is 12.6. The molecule has 21 heteroatoms. The second kappa shape index (κ2) is 14.3. The molecule has 43 heavy (non-hydrogen) atoms. The van der Waals surface area contributed by atoms with E-state index in [4.69, 9.17) is 42.6 Å². The summed E-state index contributed by atoms with van der Waals surface area (Å²) in [6.45, 7) is -1.51. The fourth-order valence-electron chi connectivity index (χ4n) is 4.10. The molecule has 2 fully saturated rings. The molecule has 2 aliphatic heterocycles. The molecule has 0 aliphatic carbocycles. The van der Waals surface area contributed by atoms with Crippen molar-refractivity contribution in [2.24, 2.45) is 0 Å². The zero-order valence-electron chi connectivity index (χ0n) is 23.2. The monoisotopic (exact) mass is 620 g/mol. The summed E-state index contributed by atoms with van der Waals surface area (Å²) in [7, 11) is 5.13. The van der Waals surface area contributed by atoms with Crippen molar-refractivity contribution in [1.29, 1.82) is 0 Å². The highest BCUT2D eigenvalue weighted by molar-refractivity contribution is 5.12. The van der Waals surface area contributed by atoms with Gasteiger partial charge >= 0.3 is 36.1 Å². The Morgan fingerprint density at radius 1 is 0.512 bits per heavy atom. The highest BCUT2D eigenvalue weighted by atomic mass is 16.8. The lowest BCUT2D eigenvalue weighted by Gasteiger charge is -2.46. The molecule has 0 aromatic carbocycles. The SMILES string of the molecule is COc1nc(OC)nc(O[C@H]2O[C@H](CO)[C@@H](O[C@H]3O[C@H](CO)[C@H](O)[C@H](O)[C@H]3O)[C@H](O)[C@H]2Oc2nc(OC)nc(OC)n2)n1. The Morgan fingerprint density at radius 2 is 0.953 bits per heavy atom. The third kappa shape index (κ3) is 7.17. The molecule has 6 N–H and O–H groups in total. The first kappa shape index (κ1) is 32.4. The molecule has 0 bridgehead atoms. The minimum atomic E-state index is -1.83. The molecule has 21 nitrogen and oxygen atoms in total. The van der Waals surface area contributed by atoms with E-state index >= 15 is 0 Å². The summed E-state index contributed by atoms with van der Waals surface area (Å²) in [5, 5.41) is 61.9. The van der Waals surface area contributed by atoms with Crippen LogP contribution >= 0.6 is 0 Å². The zero-order valence-corrected chi connectivity index (χ0v) is 23.2. The third-order valence-electron chi connectivity index (χ3n) is 6.28. The molecule has 2 aromatic rings. The van der Waals surface area contributed by atoms with E-state index in [0.717, 1.165) is 0 Å². The van der Waals surface area contributed by atoms with E-state index in [0.29, 0.717) is 0 Å². The van der Waals surface area contributed by atoms with Crippen molar-refractivity contribution in [1.82, 2.24) is 29.9 Å². The van der Waals surface area contributed by atoms with Crippen LogP contribution < -0.4 is 28.4 Å². The van der Waals surface area contributed by atoms with Crippen molar-refractivity contribution in [3.8, 4) is 36.1 Å². The van der Waals surface area contributed by atoms with Gasteiger partial charge in [0, 0.05) is 0 Å². The van der Waals surface area contributed by atoms with Gasteiger partial charge in [0.2, 0.25) is 6.29 Å². The van der Waals surface area contributed by atoms with Gasteiger partial charge in [-0.2, -0.15) is 0 Å². The number of hydrogen-bond donors (Lipinski definition) is 6. The van der Waals surface area contributed by atoms with Crippen molar-refractivity contribution < 1.29 is 73.3 Å². The Balaban J connectivity index is 1.68. The topological polar surface area (TPSA) is 282 Å². The third-order valence-corrected chi connectivity index (χ3v) is 6.28. The predicted molar refractivity (Wildman–Crippen MR) is 131 cm³/mol. The lowest BCUT2D eigenvalue weighted by molar-refractivity contribution is -0.351. The van der Waals surface area contributed by atoms with Gasteiger partial charge in [0.05, 0.1) is 41.7 Å². The average molecular weight is 621 g/mol. The van der Waals surface area contributed by atoms with Crippen LogP contribution in [-0.2, 0) is 14.2 Å². The van der Waals surface area contributed by atoms with E-state index in [1.165, 1.54) is 28.4 Å². The maximum atomic E-state index is 11.5. The number of rotatable bonds is 12. The van der Waals surface area contributed by atoms with Crippen LogP contribution in [0.4, 0.5) is 0 Å². The molecule has 4 heterocycles. The molecule has 0 spiro atoms. The smallest absolute Gasteiger partial charge is 0.328 e. The van der Waals surface area contributed by atoms with Crippen molar-refractivity contribution in [2.45, 2.75) is 61.4 Å². The van der Waals surface area contributed by atoms with Gasteiger partial charge < -0.3 is 73.3 Å². The minimum Gasteiger partial charge on any atom is -0.467 e. The van der Waals surface area contributed by atoms with Crippen LogP contribution in [0.2, 0.25) is 0 Å². The van der Waals surface area contributed by atoms with Crippen LogP contribution in [0.25, 0.3) is 0 Å². The summed E-state index contributed by atoms with van der Waals surface area (Å²) in [5.41, 5.74) is 0. The summed E-state index contributed by atoms with van der Waals surface area (Å²) in [5.74, 6) is 0. The molecule has 0 unspecified atom stereocenters. The summed E-state index contributed by atoms with van der Waals surface area (Å²) in [6.07, 6.45) is -16.3. The quantitative estimate of drug-likeness (QED) is 0.130. The van der Waals surface area contributed by atoms with E-state index in [2.05, 4.69) is 29.9 Å². The summed E-state index contributed by atoms with van der Waals surface area (Å²) in [6, 6.07) is -1.62. The highest BCUT2D eigenvalue weighted by Crippen LogP contribution is 2.32. The molecule has 0 radical (unpaired) electrons. The Bertz CT molecular complexity index is 1160. The fourth-order valence-corrected chi connectivity index (χ4v) is 4.10. The van der Waals surface area contributed by atoms with Crippen LogP contribution in [0.5, 0.6) is 36.1 Å². The number of aliphatic hydroxyl groups excluding tert-OH is 6. The van der Waals surface area contributed by atoms with Crippen LogP contribution in [0.15, 0.2) is 0 Å². The maximum Gasteiger partial charge on any atom is 0.328 e. The molecule has 240 valence electrons. The molecule has 2 aliphatic rings. The Kier molecular flexibility index (Phi) is 10.8. The minimum absolute atomic E-state index is 0.190. The van der Waals surface area contributed by atoms with E-state index in [-0.39, 0.29) is 24.0 Å². The Morgan fingerprint density at radius 3 is 1.42 bits per heavy atom. The van der Waals surface area contributed by atoms with Crippen LogP contribution in [0.3, 0.4) is 0 Å². The molecule has 2 saturated heterocycles. The van der Waals surface area contributed by atoms with Crippen molar-refractivity contribution in [2.75, 3.05) is 41.7 Å². The first-order chi connectivity index (χ1) is 20.6. The first-order valence-corrected chi connectivity index (χ1v) is 12.6.